The first kappa shape index (κ1) is 13.1. The normalized spacial score (nSPS) is 11.9. The molecule has 0 atom stereocenters. The molecule has 0 aliphatic carbocycles. The Hall–Kier alpha value is -3.34. The van der Waals surface area contributed by atoms with E-state index in [0.717, 1.165) is 21.5 Å². The van der Waals surface area contributed by atoms with Crippen molar-refractivity contribution in [2.75, 3.05) is 0 Å². The fraction of sp³-hybridized carbons (Fsp3) is 0.0526. The fourth-order valence-electron chi connectivity index (χ4n) is 3.49. The predicted octanol–water partition coefficient (Wildman–Crippen LogP) is 2.01. The monoisotopic (exact) mass is 314 g/mol. The number of aromatic amines is 1. The van der Waals surface area contributed by atoms with Crippen molar-refractivity contribution in [3.8, 4) is 0 Å². The second kappa shape index (κ2) is 4.35. The second-order valence-corrected chi connectivity index (χ2v) is 6.02. The van der Waals surface area contributed by atoms with Gasteiger partial charge in [0.05, 0.1) is 16.3 Å². The molecule has 5 rings (SSSR count). The predicted molar refractivity (Wildman–Crippen MR) is 93.5 cm³/mol. The van der Waals surface area contributed by atoms with Crippen LogP contribution >= 0.6 is 0 Å². The van der Waals surface area contributed by atoms with Gasteiger partial charge >= 0.3 is 0 Å². The Kier molecular flexibility index (Phi) is 2.38. The lowest BCUT2D eigenvalue weighted by Gasteiger charge is -2.08. The fourth-order valence-corrected chi connectivity index (χ4v) is 3.49. The highest BCUT2D eigenvalue weighted by molar-refractivity contribution is 6.23. The maximum atomic E-state index is 12.9. The number of pyridine rings is 3. The molecule has 3 aromatic heterocycles. The zero-order valence-electron chi connectivity index (χ0n) is 12.8. The zero-order chi connectivity index (χ0) is 16.4. The standard InChI is InChI=1S/C19H11N3O2/c1-22-8-6-12-13(9-22)19(24)18-15-10(5-7-20-18)11-3-2-4-14(23)16(11)21-17(12)15/h2-9H,1H3/p+1. The number of hydrogen-bond acceptors (Lipinski definition) is 3. The molecule has 2 aromatic carbocycles. The zero-order valence-corrected chi connectivity index (χ0v) is 12.8. The van der Waals surface area contributed by atoms with Crippen LogP contribution in [0.4, 0.5) is 0 Å². The lowest BCUT2D eigenvalue weighted by Crippen LogP contribution is -2.17. The molecule has 0 aliphatic rings. The van der Waals surface area contributed by atoms with Crippen LogP contribution in [0.1, 0.15) is 0 Å². The van der Waals surface area contributed by atoms with Gasteiger partial charge in [0.1, 0.15) is 5.52 Å². The van der Waals surface area contributed by atoms with Crippen LogP contribution in [-0.2, 0) is 7.05 Å². The van der Waals surface area contributed by atoms with Crippen LogP contribution in [0, 0.1) is 0 Å². The van der Waals surface area contributed by atoms with Gasteiger partial charge in [-0.05, 0) is 12.1 Å². The molecular formula is C19H12N3O2+. The molecule has 0 saturated heterocycles. The average molecular weight is 314 g/mol. The number of rotatable bonds is 0. The largest absolute Gasteiger partial charge is 0.356 e. The molecule has 114 valence electrons. The third-order valence-corrected chi connectivity index (χ3v) is 4.57. The van der Waals surface area contributed by atoms with Crippen LogP contribution in [0.25, 0.3) is 43.5 Å². The molecule has 0 unspecified atom stereocenters. The van der Waals surface area contributed by atoms with Crippen molar-refractivity contribution in [2.24, 2.45) is 7.05 Å². The van der Waals surface area contributed by atoms with Gasteiger partial charge in [-0.15, -0.1) is 0 Å². The van der Waals surface area contributed by atoms with Crippen molar-refractivity contribution in [1.82, 2.24) is 9.55 Å². The van der Waals surface area contributed by atoms with Crippen molar-refractivity contribution < 1.29 is 4.98 Å². The summed E-state index contributed by atoms with van der Waals surface area (Å²) in [6.07, 6.45) is 5.41. The molecule has 3 heterocycles. The number of aryl methyl sites for hydroxylation is 1. The Balaban J connectivity index is 2.26. The first-order valence-corrected chi connectivity index (χ1v) is 7.63. The molecule has 0 saturated carbocycles. The van der Waals surface area contributed by atoms with Crippen LogP contribution in [0.15, 0.2) is 58.5 Å². The molecule has 0 fully saturated rings. The van der Waals surface area contributed by atoms with Gasteiger partial charge in [0.15, 0.2) is 6.20 Å². The molecular weight excluding hydrogens is 302 g/mol. The number of aromatic nitrogens is 3. The summed E-state index contributed by atoms with van der Waals surface area (Å²) < 4.78 is 1.84. The summed E-state index contributed by atoms with van der Waals surface area (Å²) in [5.41, 5.74) is 1.47. The van der Waals surface area contributed by atoms with E-state index in [2.05, 4.69) is 9.97 Å². The first-order valence-electron chi connectivity index (χ1n) is 7.63. The third-order valence-electron chi connectivity index (χ3n) is 4.57. The number of H-pyrrole nitrogens is 1. The summed E-state index contributed by atoms with van der Waals surface area (Å²) in [6, 6.07) is 8.89. The van der Waals surface area contributed by atoms with E-state index >= 15 is 0 Å². The average Bonchev–Trinajstić information content (AvgIpc) is 2.60. The highest BCUT2D eigenvalue weighted by Gasteiger charge is 2.20. The van der Waals surface area contributed by atoms with Crippen LogP contribution < -0.4 is 15.8 Å². The summed E-state index contributed by atoms with van der Waals surface area (Å²) in [7, 11) is 1.87. The molecule has 1 N–H and O–H groups in total. The topological polar surface area (TPSA) is 66.1 Å². The Bertz CT molecular complexity index is 1400. The Morgan fingerprint density at radius 3 is 2.67 bits per heavy atom. The van der Waals surface area contributed by atoms with Crippen LogP contribution in [0.2, 0.25) is 0 Å². The smallest absolute Gasteiger partial charge is 0.262 e. The van der Waals surface area contributed by atoms with E-state index < -0.39 is 0 Å². The number of fused-ring (bicyclic) bond motifs is 4. The SMILES string of the molecule is Cn1ccc2c(c1)c(=O)c1[nH+]ccc3c4cccc(=O)c4nc2c13. The van der Waals surface area contributed by atoms with Crippen molar-refractivity contribution in [2.45, 2.75) is 0 Å². The quantitative estimate of drug-likeness (QED) is 0.324. The molecule has 24 heavy (non-hydrogen) atoms. The number of nitrogens with zero attached hydrogens (tertiary/aromatic N) is 2. The molecule has 0 radical (unpaired) electrons. The van der Waals surface area contributed by atoms with Crippen molar-refractivity contribution in [3.05, 3.63) is 69.4 Å². The number of hydrogen-bond donors (Lipinski definition) is 0. The van der Waals surface area contributed by atoms with E-state index in [-0.39, 0.29) is 10.9 Å². The van der Waals surface area contributed by atoms with Gasteiger partial charge in [-0.1, -0.05) is 12.1 Å². The minimum absolute atomic E-state index is 0.0567. The Labute approximate surface area is 135 Å². The lowest BCUT2D eigenvalue weighted by atomic mass is 9.99. The third kappa shape index (κ3) is 1.53. The molecule has 0 amide bonds. The maximum Gasteiger partial charge on any atom is 0.262 e. The Morgan fingerprint density at radius 2 is 1.79 bits per heavy atom. The maximum absolute atomic E-state index is 12.9. The first-order chi connectivity index (χ1) is 11.6. The molecule has 0 aliphatic heterocycles. The molecule has 5 heteroatoms. The van der Waals surface area contributed by atoms with Gasteiger partial charge in [0.25, 0.3) is 10.9 Å². The molecule has 0 bridgehead atoms. The van der Waals surface area contributed by atoms with Crippen LogP contribution in [0.5, 0.6) is 0 Å². The second-order valence-electron chi connectivity index (χ2n) is 6.02. The molecule has 0 spiro atoms. The van der Waals surface area contributed by atoms with Gasteiger partial charge < -0.3 is 4.57 Å². The summed E-state index contributed by atoms with van der Waals surface area (Å²) in [4.78, 5) is 32.9. The van der Waals surface area contributed by atoms with Gasteiger partial charge in [0, 0.05) is 41.7 Å². The summed E-state index contributed by atoms with van der Waals surface area (Å²) in [5, 5.41) is 3.77. The van der Waals surface area contributed by atoms with Crippen molar-refractivity contribution >= 4 is 43.5 Å². The number of benzene rings is 2. The van der Waals surface area contributed by atoms with Gasteiger partial charge in [0.2, 0.25) is 5.43 Å². The highest BCUT2D eigenvalue weighted by Crippen LogP contribution is 2.30. The molecule has 5 nitrogen and oxygen atoms in total. The van der Waals surface area contributed by atoms with E-state index in [0.29, 0.717) is 21.9 Å². The van der Waals surface area contributed by atoms with E-state index in [1.165, 1.54) is 6.07 Å². The van der Waals surface area contributed by atoms with Gasteiger partial charge in [-0.2, -0.15) is 0 Å². The van der Waals surface area contributed by atoms with Crippen LogP contribution in [0.3, 0.4) is 0 Å². The van der Waals surface area contributed by atoms with Crippen LogP contribution in [-0.4, -0.2) is 9.55 Å². The minimum Gasteiger partial charge on any atom is -0.356 e. The van der Waals surface area contributed by atoms with E-state index in [9.17, 15) is 9.59 Å². The van der Waals surface area contributed by atoms with Crippen molar-refractivity contribution in [1.29, 1.82) is 0 Å². The summed E-state index contributed by atoms with van der Waals surface area (Å²) in [6.45, 7) is 0. The number of nitrogens with one attached hydrogen (secondary N) is 1. The van der Waals surface area contributed by atoms with Crippen molar-refractivity contribution in [3.63, 3.8) is 0 Å². The molecule has 5 aromatic rings. The summed E-state index contributed by atoms with van der Waals surface area (Å²) in [5.74, 6) is 0. The van der Waals surface area contributed by atoms with E-state index in [1.54, 1.807) is 18.5 Å². The highest BCUT2D eigenvalue weighted by atomic mass is 16.1. The van der Waals surface area contributed by atoms with E-state index in [1.807, 2.05) is 36.0 Å². The Morgan fingerprint density at radius 1 is 0.958 bits per heavy atom. The van der Waals surface area contributed by atoms with Gasteiger partial charge in [-0.25, -0.2) is 9.97 Å². The van der Waals surface area contributed by atoms with E-state index in [4.69, 9.17) is 0 Å². The van der Waals surface area contributed by atoms with Gasteiger partial charge in [-0.3, -0.25) is 9.59 Å². The lowest BCUT2D eigenvalue weighted by molar-refractivity contribution is -0.344. The summed E-state index contributed by atoms with van der Waals surface area (Å²) >= 11 is 0. The minimum atomic E-state index is -0.111. The number of para-hydroxylation sites is 1.